The zero-order chi connectivity index (χ0) is 20.1. The van der Waals surface area contributed by atoms with E-state index in [1.165, 1.54) is 12.3 Å². The fourth-order valence-electron chi connectivity index (χ4n) is 2.98. The molecule has 0 saturated carbocycles. The molecule has 0 fully saturated rings. The average molecular weight is 383 g/mol. The van der Waals surface area contributed by atoms with Crippen LogP contribution >= 0.6 is 0 Å². The van der Waals surface area contributed by atoms with Gasteiger partial charge in [-0.25, -0.2) is 15.0 Å². The van der Waals surface area contributed by atoms with E-state index in [1.54, 1.807) is 30.9 Å². The van der Waals surface area contributed by atoms with Crippen molar-refractivity contribution in [1.29, 1.82) is 0 Å². The van der Waals surface area contributed by atoms with Gasteiger partial charge < -0.3 is 0 Å². The third-order valence-electron chi connectivity index (χ3n) is 4.39. The average Bonchev–Trinajstić information content (AvgIpc) is 2.75. The predicted octanol–water partition coefficient (Wildman–Crippen LogP) is 5.07. The number of aliphatic imine (C=N–C) groups is 1. The van der Waals surface area contributed by atoms with E-state index in [0.29, 0.717) is 12.2 Å². The molecule has 0 aliphatic carbocycles. The summed E-state index contributed by atoms with van der Waals surface area (Å²) in [6, 6.07) is 15.0. The van der Waals surface area contributed by atoms with Crippen molar-refractivity contribution in [3.63, 3.8) is 0 Å². The maximum absolute atomic E-state index is 13.3. The fraction of sp³-hybridized carbons (Fsp3) is 0.0870. The first kappa shape index (κ1) is 18.6. The molecule has 142 valence electrons. The number of hydrogen-bond acceptors (Lipinski definition) is 5. The zero-order valence-electron chi connectivity index (χ0n) is 15.8. The topological polar surface area (TPSA) is 63.9 Å². The summed E-state index contributed by atoms with van der Waals surface area (Å²) in [5.74, 6) is 0.173. The lowest BCUT2D eigenvalue weighted by molar-refractivity contribution is 0.584. The van der Waals surface area contributed by atoms with Gasteiger partial charge in [-0.15, -0.1) is 0 Å². The van der Waals surface area contributed by atoms with Crippen molar-refractivity contribution in [2.75, 3.05) is 0 Å². The number of pyridine rings is 2. The summed E-state index contributed by atoms with van der Waals surface area (Å²) in [5, 5.41) is 0. The molecular weight excluding hydrogens is 365 g/mol. The second kappa shape index (κ2) is 8.48. The summed E-state index contributed by atoms with van der Waals surface area (Å²) < 4.78 is 13.3. The molecule has 0 aliphatic rings. The predicted molar refractivity (Wildman–Crippen MR) is 111 cm³/mol. The monoisotopic (exact) mass is 383 g/mol. The zero-order valence-corrected chi connectivity index (χ0v) is 15.8. The summed E-state index contributed by atoms with van der Waals surface area (Å²) in [5.41, 5.74) is 5.51. The van der Waals surface area contributed by atoms with Crippen molar-refractivity contribution < 1.29 is 4.39 Å². The van der Waals surface area contributed by atoms with E-state index >= 15 is 0 Å². The Morgan fingerprint density at radius 1 is 0.828 bits per heavy atom. The van der Waals surface area contributed by atoms with Gasteiger partial charge in [-0.3, -0.25) is 9.97 Å². The lowest BCUT2D eigenvalue weighted by Crippen LogP contribution is -1.97. The Hall–Kier alpha value is -3.80. The Bertz CT molecular complexity index is 1120. The number of nitrogens with zero attached hydrogens (tertiary/aromatic N) is 5. The van der Waals surface area contributed by atoms with Crippen LogP contribution < -0.4 is 0 Å². The first-order chi connectivity index (χ1) is 14.2. The Kier molecular flexibility index (Phi) is 5.42. The van der Waals surface area contributed by atoms with Crippen molar-refractivity contribution in [2.24, 2.45) is 4.99 Å². The highest BCUT2D eigenvalue weighted by Gasteiger charge is 2.03. The Morgan fingerprint density at radius 2 is 1.66 bits per heavy atom. The molecule has 3 heterocycles. The minimum atomic E-state index is -0.479. The number of aromatic nitrogens is 4. The minimum Gasteiger partial charge on any atom is -0.261 e. The van der Waals surface area contributed by atoms with Crippen molar-refractivity contribution >= 4 is 11.5 Å². The van der Waals surface area contributed by atoms with Crippen LogP contribution in [-0.4, -0.2) is 25.6 Å². The highest BCUT2D eigenvalue weighted by Crippen LogP contribution is 2.21. The largest absolute Gasteiger partial charge is 0.261 e. The van der Waals surface area contributed by atoms with Crippen LogP contribution in [0.4, 0.5) is 10.2 Å². The molecule has 29 heavy (non-hydrogen) atoms. The molecule has 6 heteroatoms. The molecule has 4 rings (SSSR count). The molecule has 0 atom stereocenters. The van der Waals surface area contributed by atoms with Crippen LogP contribution in [0, 0.1) is 5.95 Å². The minimum absolute atomic E-state index is 0.479. The van der Waals surface area contributed by atoms with Crippen molar-refractivity contribution in [3.8, 4) is 22.4 Å². The molecule has 0 amide bonds. The summed E-state index contributed by atoms with van der Waals surface area (Å²) >= 11 is 0. The Balaban J connectivity index is 1.45. The van der Waals surface area contributed by atoms with E-state index in [2.05, 4.69) is 24.9 Å². The van der Waals surface area contributed by atoms with Crippen molar-refractivity contribution in [1.82, 2.24) is 19.9 Å². The van der Waals surface area contributed by atoms with Crippen LogP contribution in [0.15, 0.2) is 84.5 Å². The second-order valence-electron chi connectivity index (χ2n) is 6.58. The van der Waals surface area contributed by atoms with Gasteiger partial charge in [0.2, 0.25) is 5.95 Å². The van der Waals surface area contributed by atoms with E-state index in [1.807, 2.05) is 43.3 Å². The molecule has 5 nitrogen and oxygen atoms in total. The van der Waals surface area contributed by atoms with Crippen LogP contribution in [0.3, 0.4) is 0 Å². The Labute approximate surface area is 168 Å². The maximum atomic E-state index is 13.3. The number of hydrogen-bond donors (Lipinski definition) is 0. The molecule has 1 aromatic carbocycles. The van der Waals surface area contributed by atoms with Gasteiger partial charge in [0, 0.05) is 48.5 Å². The summed E-state index contributed by atoms with van der Waals surface area (Å²) in [6.07, 6.45) is 8.92. The molecule has 0 bridgehead atoms. The molecule has 0 radical (unpaired) electrons. The molecule has 0 unspecified atom stereocenters. The fourth-order valence-corrected chi connectivity index (χ4v) is 2.98. The normalized spacial score (nSPS) is 11.4. The molecule has 0 spiro atoms. The van der Waals surface area contributed by atoms with Gasteiger partial charge in [-0.05, 0) is 41.8 Å². The third-order valence-corrected chi connectivity index (χ3v) is 4.39. The molecule has 0 saturated heterocycles. The van der Waals surface area contributed by atoms with Gasteiger partial charge >= 0.3 is 0 Å². The maximum Gasteiger partial charge on any atom is 0.213 e. The van der Waals surface area contributed by atoms with Gasteiger partial charge in [-0.1, -0.05) is 24.3 Å². The van der Waals surface area contributed by atoms with Gasteiger partial charge in [0.25, 0.3) is 0 Å². The van der Waals surface area contributed by atoms with Crippen molar-refractivity contribution in [2.45, 2.75) is 13.3 Å². The van der Waals surface area contributed by atoms with Gasteiger partial charge in [0.05, 0.1) is 11.9 Å². The third kappa shape index (κ3) is 4.73. The molecule has 0 aliphatic heterocycles. The highest BCUT2D eigenvalue weighted by molar-refractivity contribution is 5.86. The lowest BCUT2D eigenvalue weighted by atomic mass is 10.0. The highest BCUT2D eigenvalue weighted by atomic mass is 19.1. The van der Waals surface area contributed by atoms with Gasteiger partial charge in [-0.2, -0.15) is 4.39 Å². The van der Waals surface area contributed by atoms with Crippen LogP contribution in [0.25, 0.3) is 22.4 Å². The summed E-state index contributed by atoms with van der Waals surface area (Å²) in [7, 11) is 0. The standard InChI is InChI=1S/C23H18FN5/c1-16(29-23-7-6-20(14-28-23)21-15-25-10-11-26-21)12-17-2-4-18(5-3-17)19-8-9-27-22(24)13-19/h2-11,13-15H,12H2,1H3. The number of rotatable bonds is 5. The van der Waals surface area contributed by atoms with E-state index in [-0.39, 0.29) is 0 Å². The summed E-state index contributed by atoms with van der Waals surface area (Å²) in [4.78, 5) is 20.9. The van der Waals surface area contributed by atoms with E-state index < -0.39 is 5.95 Å². The Morgan fingerprint density at radius 3 is 2.34 bits per heavy atom. The smallest absolute Gasteiger partial charge is 0.213 e. The van der Waals surface area contributed by atoms with E-state index in [4.69, 9.17) is 0 Å². The van der Waals surface area contributed by atoms with Gasteiger partial charge in [0.15, 0.2) is 5.82 Å². The molecular formula is C23H18FN5. The molecule has 3 aromatic heterocycles. The van der Waals surface area contributed by atoms with E-state index in [0.717, 1.165) is 33.7 Å². The lowest BCUT2D eigenvalue weighted by Gasteiger charge is -2.05. The second-order valence-corrected chi connectivity index (χ2v) is 6.58. The van der Waals surface area contributed by atoms with Crippen LogP contribution in [-0.2, 0) is 6.42 Å². The van der Waals surface area contributed by atoms with Gasteiger partial charge in [0.1, 0.15) is 0 Å². The van der Waals surface area contributed by atoms with E-state index in [9.17, 15) is 4.39 Å². The SMILES string of the molecule is CC(Cc1ccc(-c2ccnc(F)c2)cc1)=Nc1ccc(-c2cnccn2)cn1. The number of benzene rings is 1. The molecule has 0 N–H and O–H groups in total. The van der Waals surface area contributed by atoms with Crippen LogP contribution in [0.5, 0.6) is 0 Å². The van der Waals surface area contributed by atoms with Crippen LogP contribution in [0.1, 0.15) is 12.5 Å². The van der Waals surface area contributed by atoms with Crippen LogP contribution in [0.2, 0.25) is 0 Å². The number of halogens is 1. The van der Waals surface area contributed by atoms with Crippen molar-refractivity contribution in [3.05, 3.63) is 91.0 Å². The first-order valence-electron chi connectivity index (χ1n) is 9.15. The quantitative estimate of drug-likeness (QED) is 0.356. The first-order valence-corrected chi connectivity index (χ1v) is 9.15. The molecule has 4 aromatic rings. The summed E-state index contributed by atoms with van der Waals surface area (Å²) in [6.45, 7) is 1.98.